The summed E-state index contributed by atoms with van der Waals surface area (Å²) < 4.78 is 0. The van der Waals surface area contributed by atoms with Gasteiger partial charge in [-0.25, -0.2) is 0 Å². The molecule has 1 fully saturated rings. The van der Waals surface area contributed by atoms with E-state index in [4.69, 9.17) is 0 Å². The second-order valence-corrected chi connectivity index (χ2v) is 11.0. The van der Waals surface area contributed by atoms with Crippen molar-refractivity contribution in [3.8, 4) is 0 Å². The molecule has 2 atom stereocenters. The average Bonchev–Trinajstić information content (AvgIpc) is 2.94. The number of Topliss-reactive ketones (excluding diaryl/α,β-unsaturated/α-hetero) is 1. The lowest BCUT2D eigenvalue weighted by Gasteiger charge is -2.36. The fourth-order valence-corrected chi connectivity index (χ4v) is 4.98. The van der Waals surface area contributed by atoms with Crippen molar-refractivity contribution in [2.75, 3.05) is 6.54 Å². The van der Waals surface area contributed by atoms with Gasteiger partial charge in [0.05, 0.1) is 6.04 Å². The number of nitrogens with one attached hydrogen (secondary N) is 1. The van der Waals surface area contributed by atoms with E-state index in [0.717, 1.165) is 56.9 Å². The Morgan fingerprint density at radius 2 is 1.57 bits per heavy atom. The number of aryl methyl sites for hydroxylation is 1. The van der Waals surface area contributed by atoms with Crippen LogP contribution >= 0.6 is 0 Å². The molecule has 5 nitrogen and oxygen atoms in total. The van der Waals surface area contributed by atoms with Crippen molar-refractivity contribution >= 4 is 17.6 Å². The summed E-state index contributed by atoms with van der Waals surface area (Å²) in [6, 6.07) is 20.0. The molecule has 1 heterocycles. The molecule has 2 amide bonds. The maximum absolute atomic E-state index is 13.5. The molecule has 1 aliphatic rings. The van der Waals surface area contributed by atoms with E-state index in [2.05, 4.69) is 41.7 Å². The summed E-state index contributed by atoms with van der Waals surface area (Å²) in [6.07, 6.45) is 9.28. The van der Waals surface area contributed by atoms with Crippen LogP contribution in [0.1, 0.15) is 95.7 Å². The van der Waals surface area contributed by atoms with E-state index < -0.39 is 23.1 Å². The van der Waals surface area contributed by atoms with Gasteiger partial charge in [0.2, 0.25) is 11.7 Å². The molecule has 0 bridgehead atoms. The van der Waals surface area contributed by atoms with Crippen LogP contribution in [0.3, 0.4) is 0 Å². The fraction of sp³-hybridized carbons (Fsp3) is 0.531. The number of rotatable bonds is 13. The minimum Gasteiger partial charge on any atom is -0.348 e. The lowest BCUT2D eigenvalue weighted by atomic mass is 9.84. The van der Waals surface area contributed by atoms with Gasteiger partial charge in [-0.05, 0) is 56.1 Å². The summed E-state index contributed by atoms with van der Waals surface area (Å²) in [6.45, 7) is 5.98. The van der Waals surface area contributed by atoms with E-state index in [1.54, 1.807) is 13.8 Å². The van der Waals surface area contributed by atoms with Crippen LogP contribution in [0, 0.1) is 5.41 Å². The minimum atomic E-state index is -0.720. The van der Waals surface area contributed by atoms with Crippen LogP contribution in [0.4, 0.5) is 0 Å². The Kier molecular flexibility index (Phi) is 10.9. The number of hydrogen-bond donors (Lipinski definition) is 1. The Labute approximate surface area is 223 Å². The standard InChI is InChI=1S/C32H44N2O3/c1-4-32(2,3)29(35)31(37)34-24-16-15-23-28(34)30(36)33-27(26-20-12-8-13-21-26)22-14-6-5-9-17-25-18-10-7-11-19-25/h7-8,10-13,18-21,27-28H,4-6,9,14-17,22-24H2,1-3H3,(H,33,36). The topological polar surface area (TPSA) is 66.5 Å². The highest BCUT2D eigenvalue weighted by Crippen LogP contribution is 2.27. The molecule has 0 aromatic heterocycles. The molecule has 3 rings (SSSR count). The van der Waals surface area contributed by atoms with Gasteiger partial charge in [-0.15, -0.1) is 0 Å². The van der Waals surface area contributed by atoms with E-state index in [0.29, 0.717) is 19.4 Å². The molecule has 200 valence electrons. The SMILES string of the molecule is CCC(C)(C)C(=O)C(=O)N1CCCCC1C(=O)NC(CCCCCCc1ccccc1)c1ccccc1. The smallest absolute Gasteiger partial charge is 0.291 e. The van der Waals surface area contributed by atoms with Gasteiger partial charge in [0, 0.05) is 12.0 Å². The summed E-state index contributed by atoms with van der Waals surface area (Å²) in [5, 5.41) is 3.25. The molecule has 2 unspecified atom stereocenters. The molecule has 2 aromatic carbocycles. The number of nitrogens with zero attached hydrogens (tertiary/aromatic N) is 1. The second kappa shape index (κ2) is 14.1. The van der Waals surface area contributed by atoms with Gasteiger partial charge in [0.15, 0.2) is 0 Å². The molecule has 0 saturated carbocycles. The van der Waals surface area contributed by atoms with Crippen molar-refractivity contribution in [2.24, 2.45) is 5.41 Å². The Hall–Kier alpha value is -2.95. The average molecular weight is 505 g/mol. The fourth-order valence-electron chi connectivity index (χ4n) is 4.98. The number of carbonyl (C=O) groups is 3. The Morgan fingerprint density at radius 1 is 0.919 bits per heavy atom. The maximum Gasteiger partial charge on any atom is 0.291 e. The third kappa shape index (κ3) is 8.28. The molecule has 1 aliphatic heterocycles. The van der Waals surface area contributed by atoms with Crippen LogP contribution in [0.25, 0.3) is 0 Å². The van der Waals surface area contributed by atoms with Crippen molar-refractivity contribution in [1.29, 1.82) is 0 Å². The van der Waals surface area contributed by atoms with E-state index in [1.807, 2.05) is 31.2 Å². The molecule has 0 aliphatic carbocycles. The van der Waals surface area contributed by atoms with Crippen molar-refractivity contribution in [1.82, 2.24) is 10.2 Å². The molecular formula is C32H44N2O3. The number of ketones is 1. The maximum atomic E-state index is 13.5. The predicted molar refractivity (Wildman–Crippen MR) is 149 cm³/mol. The molecule has 5 heteroatoms. The molecule has 2 aromatic rings. The van der Waals surface area contributed by atoms with E-state index in [-0.39, 0.29) is 11.9 Å². The highest BCUT2D eigenvalue weighted by Gasteiger charge is 2.40. The first-order valence-electron chi connectivity index (χ1n) is 14.1. The van der Waals surface area contributed by atoms with Crippen LogP contribution in [0.15, 0.2) is 60.7 Å². The molecule has 1 saturated heterocycles. The zero-order chi connectivity index (χ0) is 26.7. The summed E-state index contributed by atoms with van der Waals surface area (Å²) in [7, 11) is 0. The number of amides is 2. The van der Waals surface area contributed by atoms with Crippen molar-refractivity contribution in [3.63, 3.8) is 0 Å². The highest BCUT2D eigenvalue weighted by molar-refractivity contribution is 6.38. The quantitative estimate of drug-likeness (QED) is 0.253. The first-order chi connectivity index (χ1) is 17.8. The minimum absolute atomic E-state index is 0.107. The van der Waals surface area contributed by atoms with Gasteiger partial charge in [-0.3, -0.25) is 14.4 Å². The van der Waals surface area contributed by atoms with E-state index in [9.17, 15) is 14.4 Å². The van der Waals surface area contributed by atoms with Gasteiger partial charge in [-0.2, -0.15) is 0 Å². The molecule has 37 heavy (non-hydrogen) atoms. The van der Waals surface area contributed by atoms with Crippen molar-refractivity contribution in [3.05, 3.63) is 71.8 Å². The second-order valence-electron chi connectivity index (χ2n) is 11.0. The lowest BCUT2D eigenvalue weighted by Crippen LogP contribution is -2.55. The number of carbonyl (C=O) groups excluding carboxylic acids is 3. The van der Waals surface area contributed by atoms with Gasteiger partial charge < -0.3 is 10.2 Å². The van der Waals surface area contributed by atoms with Crippen LogP contribution in [0.5, 0.6) is 0 Å². The van der Waals surface area contributed by atoms with Crippen molar-refractivity contribution in [2.45, 2.75) is 97.1 Å². The predicted octanol–water partition coefficient (Wildman–Crippen LogP) is 6.42. The summed E-state index contributed by atoms with van der Waals surface area (Å²) in [5.74, 6) is -1.06. The zero-order valence-electron chi connectivity index (χ0n) is 22.9. The van der Waals surface area contributed by atoms with Gasteiger partial charge in [-0.1, -0.05) is 101 Å². The molecule has 0 spiro atoms. The number of piperidine rings is 1. The Bertz CT molecular complexity index is 1000. The Morgan fingerprint density at radius 3 is 2.24 bits per heavy atom. The normalized spacial score (nSPS) is 16.7. The lowest BCUT2D eigenvalue weighted by molar-refractivity contribution is -0.154. The van der Waals surface area contributed by atoms with Gasteiger partial charge in [0.25, 0.3) is 5.91 Å². The number of hydrogen-bond acceptors (Lipinski definition) is 3. The van der Waals surface area contributed by atoms with Gasteiger partial charge >= 0.3 is 0 Å². The number of benzene rings is 2. The largest absolute Gasteiger partial charge is 0.348 e. The van der Waals surface area contributed by atoms with Crippen LogP contribution in [0.2, 0.25) is 0 Å². The van der Waals surface area contributed by atoms with Crippen LogP contribution < -0.4 is 5.32 Å². The third-order valence-corrected chi connectivity index (χ3v) is 7.83. The summed E-state index contributed by atoms with van der Waals surface area (Å²) in [4.78, 5) is 41.1. The van der Waals surface area contributed by atoms with Crippen LogP contribution in [-0.2, 0) is 20.8 Å². The molecule has 1 N–H and O–H groups in total. The summed E-state index contributed by atoms with van der Waals surface area (Å²) in [5.41, 5.74) is 1.74. The molecular weight excluding hydrogens is 460 g/mol. The monoisotopic (exact) mass is 504 g/mol. The first-order valence-corrected chi connectivity index (χ1v) is 14.1. The Balaban J connectivity index is 1.59. The first kappa shape index (κ1) is 28.6. The molecule has 0 radical (unpaired) electrons. The summed E-state index contributed by atoms with van der Waals surface area (Å²) >= 11 is 0. The van der Waals surface area contributed by atoms with Crippen LogP contribution in [-0.4, -0.2) is 35.1 Å². The van der Waals surface area contributed by atoms with E-state index >= 15 is 0 Å². The third-order valence-electron chi connectivity index (χ3n) is 7.83. The highest BCUT2D eigenvalue weighted by atomic mass is 16.2. The number of unbranched alkanes of at least 4 members (excludes halogenated alkanes) is 3. The van der Waals surface area contributed by atoms with Crippen molar-refractivity contribution < 1.29 is 14.4 Å². The van der Waals surface area contributed by atoms with Gasteiger partial charge in [0.1, 0.15) is 6.04 Å². The zero-order valence-corrected chi connectivity index (χ0v) is 22.9. The van der Waals surface area contributed by atoms with E-state index in [1.165, 1.54) is 10.5 Å². The number of likely N-dealkylation sites (tertiary alicyclic amines) is 1.